The van der Waals surface area contributed by atoms with Crippen LogP contribution in [0.1, 0.15) is 76.0 Å². The number of aliphatic hydroxyl groups is 1. The molecule has 0 aromatic carbocycles. The molecule has 3 aliphatic rings. The fourth-order valence-electron chi connectivity index (χ4n) is 7.37. The normalized spacial score (nSPS) is 22.5. The third-order valence-electron chi connectivity index (χ3n) is 10.9. The van der Waals surface area contributed by atoms with Crippen molar-refractivity contribution in [1.29, 1.82) is 0 Å². The first-order valence-corrected chi connectivity index (χ1v) is 30.8. The van der Waals surface area contributed by atoms with E-state index in [0.717, 1.165) is 16.5 Å². The van der Waals surface area contributed by atoms with E-state index in [1.807, 2.05) is 5.32 Å². The maximum Gasteiger partial charge on any atom is 0.490 e. The number of carboxylic acids is 3. The molecular weight excluding hydrogens is 1160 g/mol. The van der Waals surface area contributed by atoms with Crippen molar-refractivity contribution in [1.82, 2.24) is 41.5 Å². The maximum atomic E-state index is 13.6. The molecule has 3 saturated heterocycles. The lowest BCUT2D eigenvalue weighted by Crippen LogP contribution is -2.56. The number of phosphoric acid groups is 3. The Kier molecular flexibility index (Phi) is 25.2. The lowest BCUT2D eigenvalue weighted by Gasteiger charge is -2.23. The number of ether oxygens (including phenoxy) is 1. The van der Waals surface area contributed by atoms with Crippen LogP contribution < -0.4 is 43.3 Å². The number of carbonyl (C=O) groups excluding carboxylic acids is 5. The Morgan fingerprint density at radius 1 is 0.870 bits per heavy atom. The van der Waals surface area contributed by atoms with Crippen LogP contribution in [-0.4, -0.2) is 175 Å². The summed E-state index contributed by atoms with van der Waals surface area (Å²) in [6.07, 6.45) is -3.43. The molecular formula is C38H56N9O24P3S3. The summed E-state index contributed by atoms with van der Waals surface area (Å²) in [5, 5.41) is 53.6. The third-order valence-corrected chi connectivity index (χ3v) is 18.7. The zero-order valence-corrected chi connectivity index (χ0v) is 45.2. The Balaban J connectivity index is 1.24. The number of aliphatic carboxylic acids is 3. The first kappa shape index (κ1) is 64.7. The van der Waals surface area contributed by atoms with E-state index in [0.29, 0.717) is 30.8 Å². The molecule has 11 atom stereocenters. The number of carboxylic acid groups (broad SMARTS) is 3. The van der Waals surface area contributed by atoms with Gasteiger partial charge in [-0.25, -0.2) is 28.1 Å². The molecule has 16 N–H and O–H groups in total. The molecule has 3 fully saturated rings. The van der Waals surface area contributed by atoms with Gasteiger partial charge in [-0.1, -0.05) is 39.8 Å². The summed E-state index contributed by atoms with van der Waals surface area (Å²) in [5.41, 5.74) is 4.87. The number of carbonyl (C=O) groups is 8. The number of nitrogens with two attached hydrogens (primary N) is 1. The van der Waals surface area contributed by atoms with Gasteiger partial charge in [-0.3, -0.25) is 37.9 Å². The van der Waals surface area contributed by atoms with Crippen LogP contribution in [0.5, 0.6) is 0 Å². The molecule has 0 aliphatic carbocycles. The van der Waals surface area contributed by atoms with Crippen LogP contribution in [0.2, 0.25) is 0 Å². The summed E-state index contributed by atoms with van der Waals surface area (Å²) >= 11 is 1.71. The van der Waals surface area contributed by atoms with E-state index in [-0.39, 0.29) is 73.4 Å². The van der Waals surface area contributed by atoms with Gasteiger partial charge in [0.1, 0.15) is 36.3 Å². The Hall–Kier alpha value is -4.82. The minimum absolute atomic E-state index is 0.000245. The number of amides is 6. The number of nitrogens with zero attached hydrogens (tertiary/aromatic N) is 2. The van der Waals surface area contributed by atoms with Gasteiger partial charge >= 0.3 is 53.1 Å². The quantitative estimate of drug-likeness (QED) is 0.0123. The summed E-state index contributed by atoms with van der Waals surface area (Å²) in [4.78, 5) is 151. The van der Waals surface area contributed by atoms with Crippen LogP contribution >= 0.6 is 56.8 Å². The molecule has 430 valence electrons. The molecule has 8 unspecified atom stereocenters. The Bertz CT molecular complexity index is 2620. The number of phosphoric ester groups is 1. The number of anilines is 1. The third kappa shape index (κ3) is 22.8. The fourth-order valence-corrected chi connectivity index (χ4v) is 14.0. The number of rotatable bonds is 32. The first-order valence-electron chi connectivity index (χ1n) is 22.8. The van der Waals surface area contributed by atoms with Crippen LogP contribution in [0.4, 0.5) is 10.6 Å². The number of hydrogen-bond acceptors (Lipinski definition) is 22. The van der Waals surface area contributed by atoms with Crippen molar-refractivity contribution in [2.75, 3.05) is 36.1 Å². The molecule has 0 radical (unpaired) electrons. The Morgan fingerprint density at radius 3 is 2.21 bits per heavy atom. The standard InChI is InChI=1S/C38H56N9O24P3S3/c39-33-19(16-47(38(60)46-33)29-15-24(48)25(69-29)17-68-73(64,65)71-74(66,67)70-72(61,62)63)5-3-10-40-27(49)9-12-77-76-11-4-6-20(41-28(50)8-2-1-7-26-32-23(18-75-26)44-37(59)45-32)34(55)42-21(13-30(51)52)35(56)43-22(36(57)58)14-31(53)54/h16,20-26,29,32,48H,1-2,4,6-15,17-18H2,(H,40,49)(H,41,50)(H,42,55)(H,43,56)(H,51,52)(H,53,54)(H,57,58)(H,64,65)(H,66,67)(H2,39,46,60)(H2,44,45,59)(H2,61,62,63)/t20?,21?,22?,23-,24?,25?,26-,29?,32-/m0/s1. The number of nitrogens with one attached hydrogen (secondary N) is 6. The Morgan fingerprint density at radius 2 is 1.53 bits per heavy atom. The average Bonchev–Trinajstić information content (AvgIpc) is 3.99. The van der Waals surface area contributed by atoms with E-state index < -0.39 is 127 Å². The second-order valence-electron chi connectivity index (χ2n) is 16.8. The monoisotopic (exact) mass is 1210 g/mol. The van der Waals surface area contributed by atoms with Crippen LogP contribution in [0.3, 0.4) is 0 Å². The van der Waals surface area contributed by atoms with Gasteiger partial charge < -0.3 is 82.4 Å². The molecule has 1 aromatic rings. The van der Waals surface area contributed by atoms with Gasteiger partial charge in [-0.05, 0) is 25.7 Å². The summed E-state index contributed by atoms with van der Waals surface area (Å²) in [5.74, 6) is -1.64. The van der Waals surface area contributed by atoms with Gasteiger partial charge in [0.2, 0.25) is 23.6 Å². The molecule has 39 heteroatoms. The minimum Gasteiger partial charge on any atom is -0.481 e. The van der Waals surface area contributed by atoms with Gasteiger partial charge in [-0.2, -0.15) is 25.4 Å². The van der Waals surface area contributed by atoms with Crippen molar-refractivity contribution in [2.45, 2.75) is 118 Å². The molecule has 77 heavy (non-hydrogen) atoms. The van der Waals surface area contributed by atoms with Gasteiger partial charge in [0.05, 0.1) is 49.7 Å². The lowest BCUT2D eigenvalue weighted by molar-refractivity contribution is -0.148. The van der Waals surface area contributed by atoms with Crippen molar-refractivity contribution in [2.24, 2.45) is 0 Å². The van der Waals surface area contributed by atoms with Crippen LogP contribution in [0.15, 0.2) is 11.0 Å². The highest BCUT2D eigenvalue weighted by atomic mass is 33.1. The molecule has 0 saturated carbocycles. The fraction of sp³-hybridized carbons (Fsp3) is 0.632. The van der Waals surface area contributed by atoms with Crippen LogP contribution in [0.25, 0.3) is 0 Å². The number of fused-ring (bicyclic) bond motifs is 1. The van der Waals surface area contributed by atoms with E-state index in [9.17, 15) is 82.0 Å². The number of unbranched alkanes of at least 4 members (excludes halogenated alkanes) is 1. The second kappa shape index (κ2) is 30.0. The average molecular weight is 1210 g/mol. The molecule has 6 amide bonds. The highest BCUT2D eigenvalue weighted by molar-refractivity contribution is 8.76. The van der Waals surface area contributed by atoms with E-state index >= 15 is 0 Å². The number of thioether (sulfide) groups is 1. The SMILES string of the molecule is Nc1nc(=O)n(C2CC(O)C(COP(=O)(O)OP(=O)(O)OP(=O)(O)O)O2)cc1C#CCNC(=O)CCSSCCCC(NC(=O)CCCC[C@@H]1SC[C@@H]2NC(=O)N[C@@H]21)C(=O)NC(CC(=O)O)C(=O)NC(CC(=O)O)C(=O)O. The molecule has 1 aromatic heterocycles. The molecule has 3 aliphatic heterocycles. The zero-order valence-electron chi connectivity index (χ0n) is 40.0. The molecule has 4 rings (SSSR count). The smallest absolute Gasteiger partial charge is 0.481 e. The predicted octanol–water partition coefficient (Wildman–Crippen LogP) is -1.95. The summed E-state index contributed by atoms with van der Waals surface area (Å²) < 4.78 is 52.7. The zero-order chi connectivity index (χ0) is 57.3. The lowest BCUT2D eigenvalue weighted by atomic mass is 10.0. The van der Waals surface area contributed by atoms with E-state index in [2.05, 4.69) is 56.6 Å². The topological polar surface area (TPSA) is 520 Å². The van der Waals surface area contributed by atoms with Gasteiger partial charge in [0, 0.05) is 48.0 Å². The van der Waals surface area contributed by atoms with Crippen molar-refractivity contribution >= 4 is 110 Å². The number of hydrogen-bond donors (Lipinski definition) is 15. The van der Waals surface area contributed by atoms with Gasteiger partial charge in [0.15, 0.2) is 0 Å². The largest absolute Gasteiger partial charge is 0.490 e. The summed E-state index contributed by atoms with van der Waals surface area (Å²) in [7, 11) is -14.4. The van der Waals surface area contributed by atoms with Crippen molar-refractivity contribution < 1.29 is 110 Å². The number of nitrogen functional groups attached to an aromatic ring is 1. The van der Waals surface area contributed by atoms with Crippen molar-refractivity contribution in [3.05, 3.63) is 22.2 Å². The number of urea groups is 1. The number of aromatic nitrogens is 2. The second-order valence-corrected chi connectivity index (χ2v) is 25.2. The van der Waals surface area contributed by atoms with Crippen LogP contribution in [0, 0.1) is 11.8 Å². The maximum absolute atomic E-state index is 13.6. The summed E-state index contributed by atoms with van der Waals surface area (Å²) in [6, 6.07) is -5.33. The highest BCUT2D eigenvalue weighted by Gasteiger charge is 2.44. The molecule has 0 spiro atoms. The summed E-state index contributed by atoms with van der Waals surface area (Å²) in [6.45, 7) is -1.19. The highest BCUT2D eigenvalue weighted by Crippen LogP contribution is 2.66. The van der Waals surface area contributed by atoms with E-state index in [1.54, 1.807) is 11.8 Å². The van der Waals surface area contributed by atoms with E-state index in [1.165, 1.54) is 21.6 Å². The number of aliphatic hydroxyl groups excluding tert-OH is 1. The van der Waals surface area contributed by atoms with E-state index in [4.69, 9.17) is 25.4 Å². The molecule has 0 bridgehead atoms. The van der Waals surface area contributed by atoms with Crippen LogP contribution in [-0.2, 0) is 65.1 Å². The van der Waals surface area contributed by atoms with Crippen molar-refractivity contribution in [3.63, 3.8) is 0 Å². The molecule has 33 nitrogen and oxygen atoms in total. The Labute approximate surface area is 448 Å². The molecule has 4 heterocycles. The minimum atomic E-state index is -5.81. The van der Waals surface area contributed by atoms with Gasteiger partial charge in [-0.15, -0.1) is 0 Å². The first-order chi connectivity index (χ1) is 36.0. The van der Waals surface area contributed by atoms with Crippen molar-refractivity contribution in [3.8, 4) is 11.8 Å². The predicted molar refractivity (Wildman–Crippen MR) is 268 cm³/mol. The van der Waals surface area contributed by atoms with Gasteiger partial charge in [0.25, 0.3) is 0 Å².